The lowest BCUT2D eigenvalue weighted by Crippen LogP contribution is -2.36. The molecule has 1 aromatic heterocycles. The Bertz CT molecular complexity index is 918. The summed E-state index contributed by atoms with van der Waals surface area (Å²) in [6.07, 6.45) is 7.25. The molecule has 0 aliphatic carbocycles. The van der Waals surface area contributed by atoms with E-state index in [4.69, 9.17) is 4.74 Å². The van der Waals surface area contributed by atoms with E-state index in [0.29, 0.717) is 19.7 Å². The van der Waals surface area contributed by atoms with E-state index in [1.165, 1.54) is 0 Å². The second-order valence-electron chi connectivity index (χ2n) is 6.09. The third-order valence-corrected chi connectivity index (χ3v) is 4.22. The van der Waals surface area contributed by atoms with Crippen LogP contribution in [0.4, 0.5) is 0 Å². The molecule has 6 nitrogen and oxygen atoms in total. The van der Waals surface area contributed by atoms with Crippen molar-refractivity contribution in [3.8, 4) is 11.4 Å². The third kappa shape index (κ3) is 5.01. The van der Waals surface area contributed by atoms with Crippen LogP contribution in [0.5, 0.6) is 5.75 Å². The van der Waals surface area contributed by atoms with Crippen LogP contribution in [0.25, 0.3) is 5.69 Å². The van der Waals surface area contributed by atoms with E-state index in [1.807, 2.05) is 47.2 Å². The third-order valence-electron chi connectivity index (χ3n) is 4.22. The maximum Gasteiger partial charge on any atom is 0.191 e. The van der Waals surface area contributed by atoms with Crippen LogP contribution in [0.3, 0.4) is 0 Å². The summed E-state index contributed by atoms with van der Waals surface area (Å²) >= 11 is 0. The predicted octanol–water partition coefficient (Wildman–Crippen LogP) is 3.30. The second kappa shape index (κ2) is 9.97. The number of ether oxygens (including phenoxy) is 1. The zero-order chi connectivity index (χ0) is 19.6. The molecule has 6 heteroatoms. The monoisotopic (exact) mass is 375 g/mol. The molecule has 0 bridgehead atoms. The van der Waals surface area contributed by atoms with Gasteiger partial charge in [0.25, 0.3) is 0 Å². The molecule has 3 aromatic rings. The van der Waals surface area contributed by atoms with Crippen molar-refractivity contribution < 1.29 is 4.74 Å². The lowest BCUT2D eigenvalue weighted by Gasteiger charge is -2.16. The van der Waals surface area contributed by atoms with Crippen LogP contribution in [-0.4, -0.2) is 29.2 Å². The Hall–Kier alpha value is -3.54. The number of hydrogen-bond acceptors (Lipinski definition) is 3. The minimum absolute atomic E-state index is 0.481. The van der Waals surface area contributed by atoms with Gasteiger partial charge >= 0.3 is 0 Å². The molecule has 0 saturated heterocycles. The number of rotatable bonds is 8. The summed E-state index contributed by atoms with van der Waals surface area (Å²) < 4.78 is 7.71. The SMILES string of the molecule is C=CCOc1ccccc1CNC(=NC)NCc1ccccc1-n1ccnc1. The number of aliphatic imine (C=N–C) groups is 1. The van der Waals surface area contributed by atoms with Gasteiger partial charge < -0.3 is 19.9 Å². The standard InChI is InChI=1S/C22H25N5O/c1-3-14-28-21-11-7-5-9-19(21)16-26-22(23-2)25-15-18-8-4-6-10-20(18)27-13-12-24-17-27/h3-13,17H,1,14-16H2,2H3,(H2,23,25,26). The Morgan fingerprint density at radius 1 is 1.11 bits per heavy atom. The average Bonchev–Trinajstić information content (AvgIpc) is 3.28. The Kier molecular flexibility index (Phi) is 6.84. The summed E-state index contributed by atoms with van der Waals surface area (Å²) in [7, 11) is 1.76. The summed E-state index contributed by atoms with van der Waals surface area (Å²) in [6.45, 7) is 5.43. The summed E-state index contributed by atoms with van der Waals surface area (Å²) in [5, 5.41) is 6.71. The average molecular weight is 375 g/mol. The summed E-state index contributed by atoms with van der Waals surface area (Å²) in [5.74, 6) is 1.56. The van der Waals surface area contributed by atoms with Crippen molar-refractivity contribution in [3.63, 3.8) is 0 Å². The number of hydrogen-bond donors (Lipinski definition) is 2. The Balaban J connectivity index is 1.62. The zero-order valence-corrected chi connectivity index (χ0v) is 16.0. The Labute approximate surface area is 165 Å². The molecular weight excluding hydrogens is 350 g/mol. The molecule has 0 aliphatic heterocycles. The highest BCUT2D eigenvalue weighted by Gasteiger charge is 2.07. The number of benzene rings is 2. The van der Waals surface area contributed by atoms with Gasteiger partial charge in [-0.1, -0.05) is 49.1 Å². The molecular formula is C22H25N5O. The largest absolute Gasteiger partial charge is 0.489 e. The van der Waals surface area contributed by atoms with Gasteiger partial charge in [0.05, 0.1) is 12.0 Å². The van der Waals surface area contributed by atoms with Gasteiger partial charge in [-0.15, -0.1) is 0 Å². The maximum absolute atomic E-state index is 5.71. The van der Waals surface area contributed by atoms with Crippen molar-refractivity contribution in [1.82, 2.24) is 20.2 Å². The molecule has 0 saturated carbocycles. The molecule has 2 N–H and O–H groups in total. The fraction of sp³-hybridized carbons (Fsp3) is 0.182. The predicted molar refractivity (Wildman–Crippen MR) is 113 cm³/mol. The minimum Gasteiger partial charge on any atom is -0.489 e. The molecule has 0 spiro atoms. The van der Waals surface area contributed by atoms with Crippen LogP contribution >= 0.6 is 0 Å². The van der Waals surface area contributed by atoms with E-state index in [-0.39, 0.29) is 0 Å². The Morgan fingerprint density at radius 2 is 1.82 bits per heavy atom. The minimum atomic E-state index is 0.481. The van der Waals surface area contributed by atoms with E-state index in [9.17, 15) is 0 Å². The molecule has 0 fully saturated rings. The first-order valence-corrected chi connectivity index (χ1v) is 9.14. The van der Waals surface area contributed by atoms with Crippen molar-refractivity contribution in [2.75, 3.05) is 13.7 Å². The first-order valence-electron chi connectivity index (χ1n) is 9.14. The van der Waals surface area contributed by atoms with Crippen molar-refractivity contribution in [3.05, 3.63) is 91.0 Å². The van der Waals surface area contributed by atoms with E-state index in [0.717, 1.165) is 28.5 Å². The number of para-hydroxylation sites is 2. The van der Waals surface area contributed by atoms with Gasteiger partial charge in [-0.2, -0.15) is 0 Å². The molecule has 1 heterocycles. The molecule has 0 amide bonds. The molecule has 0 unspecified atom stereocenters. The van der Waals surface area contributed by atoms with Gasteiger partial charge in [0.2, 0.25) is 0 Å². The normalized spacial score (nSPS) is 11.1. The van der Waals surface area contributed by atoms with Gasteiger partial charge in [0.15, 0.2) is 5.96 Å². The smallest absolute Gasteiger partial charge is 0.191 e. The molecule has 28 heavy (non-hydrogen) atoms. The number of aromatic nitrogens is 2. The molecule has 0 aliphatic rings. The van der Waals surface area contributed by atoms with E-state index in [1.54, 1.807) is 25.6 Å². The first-order chi connectivity index (χ1) is 13.8. The van der Waals surface area contributed by atoms with Crippen molar-refractivity contribution in [1.29, 1.82) is 0 Å². The van der Waals surface area contributed by atoms with Gasteiger partial charge in [0.1, 0.15) is 12.4 Å². The van der Waals surface area contributed by atoms with Gasteiger partial charge in [-0.3, -0.25) is 4.99 Å². The second-order valence-corrected chi connectivity index (χ2v) is 6.09. The highest BCUT2D eigenvalue weighted by Crippen LogP contribution is 2.18. The topological polar surface area (TPSA) is 63.5 Å². The number of nitrogens with one attached hydrogen (secondary N) is 2. The van der Waals surface area contributed by atoms with E-state index < -0.39 is 0 Å². The van der Waals surface area contributed by atoms with Crippen molar-refractivity contribution in [2.24, 2.45) is 4.99 Å². The number of nitrogens with zero attached hydrogens (tertiary/aromatic N) is 3. The Morgan fingerprint density at radius 3 is 2.54 bits per heavy atom. The van der Waals surface area contributed by atoms with Crippen molar-refractivity contribution >= 4 is 5.96 Å². The lowest BCUT2D eigenvalue weighted by atomic mass is 10.1. The summed E-state index contributed by atoms with van der Waals surface area (Å²) in [6, 6.07) is 16.2. The van der Waals surface area contributed by atoms with E-state index in [2.05, 4.69) is 39.3 Å². The highest BCUT2D eigenvalue weighted by atomic mass is 16.5. The fourth-order valence-corrected chi connectivity index (χ4v) is 2.83. The first kappa shape index (κ1) is 19.2. The maximum atomic E-state index is 5.71. The van der Waals surface area contributed by atoms with Crippen LogP contribution in [0, 0.1) is 0 Å². The van der Waals surface area contributed by atoms with Crippen LogP contribution in [0.15, 0.2) is 84.9 Å². The summed E-state index contributed by atoms with van der Waals surface area (Å²) in [5.41, 5.74) is 3.30. The van der Waals surface area contributed by atoms with Crippen LogP contribution in [0.2, 0.25) is 0 Å². The van der Waals surface area contributed by atoms with E-state index >= 15 is 0 Å². The number of guanidine groups is 1. The van der Waals surface area contributed by atoms with Gasteiger partial charge in [-0.05, 0) is 17.7 Å². The molecule has 0 radical (unpaired) electrons. The fourth-order valence-electron chi connectivity index (χ4n) is 2.83. The van der Waals surface area contributed by atoms with Crippen LogP contribution < -0.4 is 15.4 Å². The van der Waals surface area contributed by atoms with Gasteiger partial charge in [-0.25, -0.2) is 4.98 Å². The summed E-state index contributed by atoms with van der Waals surface area (Å²) in [4.78, 5) is 8.45. The molecule has 3 rings (SSSR count). The van der Waals surface area contributed by atoms with Crippen LogP contribution in [0.1, 0.15) is 11.1 Å². The molecule has 2 aromatic carbocycles. The quantitative estimate of drug-likeness (QED) is 0.360. The van der Waals surface area contributed by atoms with Crippen LogP contribution in [-0.2, 0) is 13.1 Å². The molecule has 144 valence electrons. The molecule has 0 atom stereocenters. The number of imidazole rings is 1. The van der Waals surface area contributed by atoms with Gasteiger partial charge in [0, 0.05) is 38.1 Å². The zero-order valence-electron chi connectivity index (χ0n) is 16.0. The lowest BCUT2D eigenvalue weighted by molar-refractivity contribution is 0.358. The van der Waals surface area contributed by atoms with Crippen molar-refractivity contribution in [2.45, 2.75) is 13.1 Å². The highest BCUT2D eigenvalue weighted by molar-refractivity contribution is 5.79.